The number of hydrogen-bond donors (Lipinski definition) is 0. The topological polar surface area (TPSA) is 80.9 Å². The number of ether oxygens (including phenoxy) is 2. The van der Waals surface area contributed by atoms with Crippen molar-refractivity contribution in [3.63, 3.8) is 0 Å². The highest BCUT2D eigenvalue weighted by molar-refractivity contribution is 6.21. The van der Waals surface area contributed by atoms with E-state index in [1.165, 1.54) is 36.4 Å². The van der Waals surface area contributed by atoms with Gasteiger partial charge >= 0.3 is 19.9 Å². The van der Waals surface area contributed by atoms with Gasteiger partial charge in [-0.1, -0.05) is 12.1 Å². The van der Waals surface area contributed by atoms with Crippen LogP contribution >= 0.6 is 0 Å². The molecule has 11 heteroatoms. The van der Waals surface area contributed by atoms with Gasteiger partial charge in [-0.25, -0.2) is 27.5 Å². The van der Waals surface area contributed by atoms with Crippen LogP contribution in [-0.4, -0.2) is 40.2 Å². The fourth-order valence-electron chi connectivity index (χ4n) is 3.63. The van der Waals surface area contributed by atoms with E-state index in [9.17, 15) is 18.4 Å². The summed E-state index contributed by atoms with van der Waals surface area (Å²) in [5, 5.41) is 0.253. The molecule has 2 aromatic heterocycles. The zero-order valence-corrected chi connectivity index (χ0v) is 21.3. The second kappa shape index (κ2) is 9.46. The third-order valence-electron chi connectivity index (χ3n) is 5.01. The molecule has 0 amide bonds. The van der Waals surface area contributed by atoms with Gasteiger partial charge < -0.3 is 18.8 Å². The third-order valence-corrected chi connectivity index (χ3v) is 5.01. The number of carbonyl (C=O) groups excluding carboxylic acids is 2. The molecule has 0 saturated carbocycles. The van der Waals surface area contributed by atoms with E-state index in [0.717, 1.165) is 16.8 Å². The molecule has 0 N–H and O–H groups in total. The van der Waals surface area contributed by atoms with E-state index in [0.29, 0.717) is 0 Å². The van der Waals surface area contributed by atoms with Crippen molar-refractivity contribution in [3.05, 3.63) is 60.2 Å². The third kappa shape index (κ3) is 5.55. The van der Waals surface area contributed by atoms with Gasteiger partial charge in [0.2, 0.25) is 0 Å². The van der Waals surface area contributed by atoms with Crippen molar-refractivity contribution < 1.29 is 37.2 Å². The molecule has 0 aliphatic heterocycles. The number of fused-ring (bicyclic) bond motifs is 2. The van der Waals surface area contributed by atoms with Crippen molar-refractivity contribution in [2.24, 2.45) is 0 Å². The Bertz CT molecular complexity index is 1390. The second-order valence-electron chi connectivity index (χ2n) is 10.3. The van der Waals surface area contributed by atoms with Gasteiger partial charge in [0.25, 0.3) is 0 Å². The number of nitrogens with zero attached hydrogens (tertiary/aromatic N) is 2. The Morgan fingerprint density at radius 3 is 1.43 bits per heavy atom. The van der Waals surface area contributed by atoms with Crippen LogP contribution in [0.1, 0.15) is 41.5 Å². The number of benzene rings is 2. The van der Waals surface area contributed by atoms with Gasteiger partial charge in [-0.2, -0.15) is 0 Å². The zero-order valence-electron chi connectivity index (χ0n) is 21.3. The minimum absolute atomic E-state index is 0.0968. The number of hydrogen-bond acceptors (Lipinski definition) is 6. The zero-order chi connectivity index (χ0) is 27.1. The molecular formula is C26H26BF2N2O6. The van der Waals surface area contributed by atoms with Crippen molar-refractivity contribution in [1.29, 1.82) is 0 Å². The SMILES string of the molecule is CC(C)(C)OC(=O)n1c(O[B]Oc2cc3c(F)cccc3n2C(=O)OC(C)(C)C)cc2c(F)cccc21. The van der Waals surface area contributed by atoms with Crippen LogP contribution in [0.25, 0.3) is 21.8 Å². The molecular weight excluding hydrogens is 485 g/mol. The van der Waals surface area contributed by atoms with Crippen LogP contribution in [0, 0.1) is 11.6 Å². The molecule has 0 spiro atoms. The Balaban J connectivity index is 1.67. The van der Waals surface area contributed by atoms with Gasteiger partial charge in [-0.3, -0.25) is 0 Å². The van der Waals surface area contributed by atoms with Crippen molar-refractivity contribution in [2.45, 2.75) is 52.7 Å². The molecule has 2 heterocycles. The molecule has 4 rings (SSSR count). The largest absolute Gasteiger partial charge is 0.660 e. The summed E-state index contributed by atoms with van der Waals surface area (Å²) < 4.78 is 53.0. The number of aromatic nitrogens is 2. The average Bonchev–Trinajstić information content (AvgIpc) is 3.31. The van der Waals surface area contributed by atoms with E-state index >= 15 is 0 Å². The van der Waals surface area contributed by atoms with Crippen LogP contribution < -0.4 is 9.31 Å². The lowest BCUT2D eigenvalue weighted by Gasteiger charge is -2.21. The molecule has 193 valence electrons. The van der Waals surface area contributed by atoms with E-state index < -0.39 is 35.0 Å². The van der Waals surface area contributed by atoms with Crippen LogP contribution in [0.4, 0.5) is 18.4 Å². The number of halogens is 2. The van der Waals surface area contributed by atoms with Gasteiger partial charge in [0.05, 0.1) is 11.0 Å². The van der Waals surface area contributed by atoms with Gasteiger partial charge in [0, 0.05) is 22.9 Å². The van der Waals surface area contributed by atoms with Gasteiger partial charge in [0.1, 0.15) is 22.8 Å². The van der Waals surface area contributed by atoms with Crippen molar-refractivity contribution in [2.75, 3.05) is 0 Å². The quantitative estimate of drug-likeness (QED) is 0.294. The van der Waals surface area contributed by atoms with Crippen LogP contribution in [0.2, 0.25) is 0 Å². The van der Waals surface area contributed by atoms with E-state index in [4.69, 9.17) is 18.8 Å². The molecule has 0 aliphatic carbocycles. The van der Waals surface area contributed by atoms with Crippen molar-refractivity contribution >= 4 is 41.7 Å². The molecule has 0 unspecified atom stereocenters. The average molecular weight is 511 g/mol. The summed E-state index contributed by atoms with van der Waals surface area (Å²) in [5.41, 5.74) is -1.20. The Morgan fingerprint density at radius 1 is 0.703 bits per heavy atom. The van der Waals surface area contributed by atoms with Crippen LogP contribution in [-0.2, 0) is 9.47 Å². The van der Waals surface area contributed by atoms with Gasteiger partial charge in [-0.15, -0.1) is 0 Å². The smallest absolute Gasteiger partial charge is 0.513 e. The van der Waals surface area contributed by atoms with E-state index in [-0.39, 0.29) is 33.6 Å². The molecule has 0 aliphatic rings. The fourth-order valence-corrected chi connectivity index (χ4v) is 3.63. The summed E-state index contributed by atoms with van der Waals surface area (Å²) in [7, 11) is 0.847. The number of rotatable bonds is 4. The van der Waals surface area contributed by atoms with Gasteiger partial charge in [-0.05, 0) is 65.8 Å². The summed E-state index contributed by atoms with van der Waals surface area (Å²) in [6.45, 7) is 10.2. The van der Waals surface area contributed by atoms with Crippen LogP contribution in [0.5, 0.6) is 11.8 Å². The first-order valence-electron chi connectivity index (χ1n) is 11.5. The highest BCUT2D eigenvalue weighted by atomic mass is 19.1. The number of carbonyl (C=O) groups is 2. The summed E-state index contributed by atoms with van der Waals surface area (Å²) in [6, 6.07) is 11.1. The molecule has 0 fully saturated rings. The van der Waals surface area contributed by atoms with Crippen molar-refractivity contribution in [1.82, 2.24) is 9.13 Å². The molecule has 1 radical (unpaired) electrons. The molecule has 37 heavy (non-hydrogen) atoms. The first kappa shape index (κ1) is 26.1. The predicted octanol–water partition coefficient (Wildman–Crippen LogP) is 6.43. The Labute approximate surface area is 213 Å². The normalized spacial score (nSPS) is 12.0. The van der Waals surface area contributed by atoms with Crippen LogP contribution in [0.3, 0.4) is 0 Å². The second-order valence-corrected chi connectivity index (χ2v) is 10.3. The molecule has 0 saturated heterocycles. The molecule has 2 aromatic carbocycles. The Morgan fingerprint density at radius 2 is 1.08 bits per heavy atom. The summed E-state index contributed by atoms with van der Waals surface area (Å²) in [4.78, 5) is 25.8. The van der Waals surface area contributed by atoms with E-state index in [2.05, 4.69) is 0 Å². The molecule has 0 atom stereocenters. The molecule has 4 aromatic rings. The maximum atomic E-state index is 14.4. The van der Waals surface area contributed by atoms with Crippen molar-refractivity contribution in [3.8, 4) is 11.8 Å². The monoisotopic (exact) mass is 511 g/mol. The molecule has 0 bridgehead atoms. The van der Waals surface area contributed by atoms with E-state index in [1.807, 2.05) is 0 Å². The highest BCUT2D eigenvalue weighted by Crippen LogP contribution is 2.31. The minimum atomic E-state index is -0.823. The minimum Gasteiger partial charge on any atom is -0.513 e. The lowest BCUT2D eigenvalue weighted by molar-refractivity contribution is 0.0528. The Kier molecular flexibility index (Phi) is 6.66. The first-order valence-corrected chi connectivity index (χ1v) is 11.5. The van der Waals surface area contributed by atoms with E-state index in [1.54, 1.807) is 53.7 Å². The predicted molar refractivity (Wildman–Crippen MR) is 134 cm³/mol. The highest BCUT2D eigenvalue weighted by Gasteiger charge is 2.27. The van der Waals surface area contributed by atoms with Gasteiger partial charge in [0.15, 0.2) is 11.8 Å². The first-order chi connectivity index (χ1) is 17.2. The summed E-state index contributed by atoms with van der Waals surface area (Å²) >= 11 is 0. The summed E-state index contributed by atoms with van der Waals surface area (Å²) in [6.07, 6.45) is -1.58. The van der Waals surface area contributed by atoms with Crippen LogP contribution in [0.15, 0.2) is 48.5 Å². The fraction of sp³-hybridized carbons (Fsp3) is 0.308. The standard InChI is InChI=1S/C26H26BF2N2O6/c1-25(2,3)34-23(32)30-19-11-7-9-17(28)15(19)13-21(30)36-27-37-22-14-16-18(29)10-8-12-20(16)31(22)24(33)35-26(4,5)6/h7-14H,1-6H3. The maximum Gasteiger partial charge on any atom is 0.660 e. The lowest BCUT2D eigenvalue weighted by atomic mass is 10.2. The Hall–Kier alpha value is -4.02. The maximum absolute atomic E-state index is 14.4. The lowest BCUT2D eigenvalue weighted by Crippen LogP contribution is -2.28. The molecule has 8 nitrogen and oxygen atoms in total. The summed E-state index contributed by atoms with van der Waals surface area (Å²) in [5.74, 6) is -1.32.